The second-order valence-electron chi connectivity index (χ2n) is 6.00. The van der Waals surface area contributed by atoms with Crippen LogP contribution in [0.2, 0.25) is 39.3 Å². The summed E-state index contributed by atoms with van der Waals surface area (Å²) in [6, 6.07) is 0. The first kappa shape index (κ1) is 21.9. The van der Waals surface area contributed by atoms with Gasteiger partial charge in [0.2, 0.25) is 8.32 Å². The molecule has 3 nitrogen and oxygen atoms in total. The molecule has 0 bridgehead atoms. The summed E-state index contributed by atoms with van der Waals surface area (Å²) in [6.07, 6.45) is -4.72. The molecule has 20 heavy (non-hydrogen) atoms. The van der Waals surface area contributed by atoms with Crippen LogP contribution in [0.3, 0.4) is 0 Å². The van der Waals surface area contributed by atoms with E-state index < -0.39 is 28.4 Å². The zero-order valence-corrected chi connectivity index (χ0v) is 15.7. The van der Waals surface area contributed by atoms with Gasteiger partial charge in [0.1, 0.15) is 0 Å². The molecule has 0 aliphatic carbocycles. The average Bonchev–Trinajstić information content (AvgIpc) is 2.09. The van der Waals surface area contributed by atoms with Gasteiger partial charge in [-0.15, -0.1) is 0 Å². The van der Waals surface area contributed by atoms with Gasteiger partial charge in [-0.25, -0.2) is 0 Å². The summed E-state index contributed by atoms with van der Waals surface area (Å²) in [6.45, 7) is 15.1. The fraction of sp³-hybridized carbons (Fsp3) is 0.800. The topological polar surface area (TPSA) is 38.7 Å². The third-order valence-corrected chi connectivity index (χ3v) is 3.44. The quantitative estimate of drug-likeness (QED) is 0.442. The summed E-state index contributed by atoms with van der Waals surface area (Å²) >= 11 is 3.73. The van der Waals surface area contributed by atoms with Crippen LogP contribution in [0.25, 0.3) is 0 Å². The zero-order valence-electron chi connectivity index (χ0n) is 12.9. The molecular weight excluding hydrogens is 322 g/mol. The first-order chi connectivity index (χ1) is 8.58. The van der Waals surface area contributed by atoms with Gasteiger partial charge >= 0.3 is 48.0 Å². The Morgan fingerprint density at radius 3 is 1.70 bits per heavy atom. The van der Waals surface area contributed by atoms with Crippen LogP contribution in [0, 0.1) is 0 Å². The third kappa shape index (κ3) is 15.7. The van der Waals surface area contributed by atoms with Gasteiger partial charge < -0.3 is 4.43 Å². The second-order valence-corrected chi connectivity index (χ2v) is 15.2. The van der Waals surface area contributed by atoms with Crippen molar-refractivity contribution >= 4 is 46.3 Å². The molecule has 0 N–H and O–H groups in total. The van der Waals surface area contributed by atoms with Crippen molar-refractivity contribution in [3.8, 4) is 0 Å². The number of carbonyl (C=O) groups is 1. The third-order valence-electron chi connectivity index (χ3n) is 1.33. The van der Waals surface area contributed by atoms with Crippen molar-refractivity contribution in [1.29, 1.82) is 0 Å². The molecule has 0 aromatic heterocycles. The Hall–Kier alpha value is -0.351. The van der Waals surface area contributed by atoms with Crippen LogP contribution in [0.15, 0.2) is 4.66 Å². The van der Waals surface area contributed by atoms with E-state index in [4.69, 9.17) is 4.43 Å². The van der Waals surface area contributed by atoms with Crippen LogP contribution in [0.4, 0.5) is 13.2 Å². The number of halogens is 3. The Labute approximate surface area is 126 Å². The molecule has 0 spiro atoms. The summed E-state index contributed by atoms with van der Waals surface area (Å²) in [7, 11) is -2.76. The van der Waals surface area contributed by atoms with Gasteiger partial charge in [-0.05, 0) is 39.3 Å². The van der Waals surface area contributed by atoms with Gasteiger partial charge in [-0.1, -0.05) is 0 Å². The van der Waals surface area contributed by atoms with E-state index in [0.29, 0.717) is 0 Å². The van der Waals surface area contributed by atoms with E-state index in [2.05, 4.69) is 56.0 Å². The number of hydrogen-bond donors (Lipinski definition) is 0. The normalized spacial score (nSPS) is 13.0. The van der Waals surface area contributed by atoms with E-state index in [-0.39, 0.29) is 6.15 Å². The second kappa shape index (κ2) is 8.18. The van der Waals surface area contributed by atoms with Crippen LogP contribution in [0.1, 0.15) is 6.92 Å². The molecule has 0 unspecified atom stereocenters. The molecule has 0 rings (SSSR count). The molecule has 0 aliphatic heterocycles. The van der Waals surface area contributed by atoms with E-state index in [1.54, 1.807) is 0 Å². The van der Waals surface area contributed by atoms with Crippen molar-refractivity contribution in [2.75, 3.05) is 0 Å². The monoisotopic (exact) mass is 343 g/mol. The van der Waals surface area contributed by atoms with Gasteiger partial charge in [-0.3, -0.25) is 4.66 Å². The van der Waals surface area contributed by atoms with Gasteiger partial charge in [0.05, 0.1) is 0 Å². The summed E-state index contributed by atoms with van der Waals surface area (Å²) in [5.41, 5.74) is -1.98. The molecule has 0 fully saturated rings. The minimum atomic E-state index is -4.79. The number of carbonyl (C=O) groups excluding carboxylic acids is 1. The van der Waals surface area contributed by atoms with Crippen molar-refractivity contribution in [3.63, 3.8) is 0 Å². The first-order valence-electron chi connectivity index (χ1n) is 5.90. The molecule has 0 amide bonds. The molecule has 0 radical (unpaired) electrons. The molecule has 0 saturated carbocycles. The van der Waals surface area contributed by atoms with Crippen LogP contribution in [-0.4, -0.2) is 40.5 Å². The SMILES string of the molecule is CC(=N[Si](C)(C)C)O[Si](C)(C)C.O=C(B=S)C(F)(F)F. The van der Waals surface area contributed by atoms with Gasteiger partial charge in [0, 0.05) is 6.92 Å². The van der Waals surface area contributed by atoms with Crippen LogP contribution >= 0.6 is 12.1 Å². The summed E-state index contributed by atoms with van der Waals surface area (Å²) in [5.74, 6) is 0.883. The molecule has 0 atom stereocenters. The number of nitrogens with zero attached hydrogens (tertiary/aromatic N) is 1. The number of alkyl halides is 3. The van der Waals surface area contributed by atoms with Crippen molar-refractivity contribution < 1.29 is 22.4 Å². The predicted molar refractivity (Wildman–Crippen MR) is 85.3 cm³/mol. The maximum atomic E-state index is 11.0. The molecule has 0 heterocycles. The van der Waals surface area contributed by atoms with Gasteiger partial charge in [-0.2, -0.15) is 0 Å². The van der Waals surface area contributed by atoms with Crippen LogP contribution in [-0.2, 0) is 9.22 Å². The molecule has 0 aromatic carbocycles. The zero-order chi connectivity index (χ0) is 16.8. The van der Waals surface area contributed by atoms with Crippen molar-refractivity contribution in [1.82, 2.24) is 0 Å². The van der Waals surface area contributed by atoms with Crippen molar-refractivity contribution in [2.24, 2.45) is 4.66 Å². The predicted octanol–water partition coefficient (Wildman–Crippen LogP) is 3.98. The van der Waals surface area contributed by atoms with E-state index in [1.807, 2.05) is 6.92 Å². The molecule has 10 heteroatoms. The fourth-order valence-corrected chi connectivity index (χ4v) is 3.15. The van der Waals surface area contributed by atoms with Crippen LogP contribution in [0.5, 0.6) is 0 Å². The molecular formula is C10H21BF3NO2SSi2. The Morgan fingerprint density at radius 2 is 1.55 bits per heavy atom. The first-order valence-corrected chi connectivity index (χ1v) is 13.2. The molecule has 0 aliphatic rings. The molecule has 116 valence electrons. The van der Waals surface area contributed by atoms with Gasteiger partial charge in [0.15, 0.2) is 14.1 Å². The van der Waals surface area contributed by atoms with E-state index >= 15 is 0 Å². The Morgan fingerprint density at radius 1 is 1.15 bits per heavy atom. The fourth-order valence-electron chi connectivity index (χ4n) is 1.01. The van der Waals surface area contributed by atoms with E-state index in [0.717, 1.165) is 5.90 Å². The average molecular weight is 343 g/mol. The van der Waals surface area contributed by atoms with Crippen molar-refractivity contribution in [2.45, 2.75) is 52.4 Å². The summed E-state index contributed by atoms with van der Waals surface area (Å²) in [4.78, 5) is 9.55. The Balaban J connectivity index is 0. The van der Waals surface area contributed by atoms with E-state index in [1.165, 1.54) is 0 Å². The Kier molecular flexibility index (Phi) is 8.97. The Bertz CT molecular complexity index is 376. The summed E-state index contributed by atoms with van der Waals surface area (Å²) in [5, 5.41) is 0. The number of rotatable bonds is 3. The van der Waals surface area contributed by atoms with Crippen molar-refractivity contribution in [3.05, 3.63) is 0 Å². The maximum absolute atomic E-state index is 11.0. The van der Waals surface area contributed by atoms with Gasteiger partial charge in [0.25, 0.3) is 0 Å². The standard InChI is InChI=1S/C8H21NOSi2.C2BF3OS/c1-8(9-11(2,3)4)10-12(5,6)7;4-2(5,6)1(7)3-8/h1-7H3;. The molecule has 0 aromatic rings. The van der Waals surface area contributed by atoms with Crippen LogP contribution < -0.4 is 0 Å². The minimum absolute atomic E-state index is 0.0694. The summed E-state index contributed by atoms with van der Waals surface area (Å²) < 4.78 is 43.3. The number of hydrogen-bond acceptors (Lipinski definition) is 4. The van der Waals surface area contributed by atoms with E-state index in [9.17, 15) is 18.0 Å². The molecule has 0 saturated heterocycles.